The minimum absolute atomic E-state index is 0.259. The molecular formula is C24H25N7O. The largest absolute Gasteiger partial charge is 0.384 e. The molecule has 2 aromatic heterocycles. The Labute approximate surface area is 186 Å². The van der Waals surface area contributed by atoms with Crippen molar-refractivity contribution >= 4 is 39.8 Å². The molecule has 8 nitrogen and oxygen atoms in total. The topological polar surface area (TPSA) is 107 Å². The third-order valence-electron chi connectivity index (χ3n) is 4.90. The first-order valence-corrected chi connectivity index (χ1v) is 10.3. The average molecular weight is 428 g/mol. The number of hydrogen-bond acceptors (Lipinski definition) is 6. The van der Waals surface area contributed by atoms with Gasteiger partial charge in [0.05, 0.1) is 5.39 Å². The summed E-state index contributed by atoms with van der Waals surface area (Å²) in [5.41, 5.74) is 5.30. The van der Waals surface area contributed by atoms with Gasteiger partial charge in [-0.05, 0) is 55.1 Å². The van der Waals surface area contributed by atoms with Gasteiger partial charge in [-0.15, -0.1) is 0 Å². The third kappa shape index (κ3) is 4.93. The summed E-state index contributed by atoms with van der Waals surface area (Å²) in [5.74, 6) is 0.417. The highest BCUT2D eigenvalue weighted by Gasteiger charge is 2.10. The second-order valence-electron chi connectivity index (χ2n) is 7.17. The highest BCUT2D eigenvalue weighted by Crippen LogP contribution is 2.29. The predicted octanol–water partition coefficient (Wildman–Crippen LogP) is 4.12. The molecule has 1 amide bonds. The molecule has 0 spiro atoms. The predicted molar refractivity (Wildman–Crippen MR) is 130 cm³/mol. The fraction of sp³-hybridized carbons (Fsp3) is 0.125. The lowest BCUT2D eigenvalue weighted by molar-refractivity contribution is -0.111. The Kier molecular flexibility index (Phi) is 6.43. The summed E-state index contributed by atoms with van der Waals surface area (Å²) >= 11 is 0. The number of carbonyl (C=O) groups is 1. The zero-order chi connectivity index (χ0) is 22.3. The van der Waals surface area contributed by atoms with E-state index in [1.165, 1.54) is 12.4 Å². The number of nitrogens with one attached hydrogen (secondary N) is 5. The number of amides is 1. The van der Waals surface area contributed by atoms with Crippen LogP contribution in [0.15, 0.2) is 73.6 Å². The lowest BCUT2D eigenvalue weighted by atomic mass is 10.1. The molecule has 0 saturated heterocycles. The highest BCUT2D eigenvalue weighted by atomic mass is 16.1. The van der Waals surface area contributed by atoms with Gasteiger partial charge in [0.1, 0.15) is 17.8 Å². The molecule has 8 heteroatoms. The standard InChI is InChI=1S/C24H25N7O/c1-3-22(32)29-18-5-4-6-19(13-18)30-23-20-14-21(31-24(20)28-15-27-23)16-7-9-17(10-8-16)26-12-11-25-2/h3-10,13-15,25-26H,1,11-12H2,2H3,(H,29,32)(H2,27,28,30,31). The van der Waals surface area contributed by atoms with Gasteiger partial charge in [-0.3, -0.25) is 4.79 Å². The first-order valence-electron chi connectivity index (χ1n) is 10.3. The van der Waals surface area contributed by atoms with E-state index in [-0.39, 0.29) is 5.91 Å². The van der Waals surface area contributed by atoms with Crippen LogP contribution in [0.4, 0.5) is 22.9 Å². The van der Waals surface area contributed by atoms with Crippen LogP contribution in [0.25, 0.3) is 22.3 Å². The minimum Gasteiger partial charge on any atom is -0.384 e. The summed E-state index contributed by atoms with van der Waals surface area (Å²) in [6.45, 7) is 5.25. The molecule has 0 unspecified atom stereocenters. The molecule has 4 rings (SSSR count). The van der Waals surface area contributed by atoms with Crippen molar-refractivity contribution in [3.63, 3.8) is 0 Å². The van der Waals surface area contributed by atoms with E-state index in [4.69, 9.17) is 0 Å². The fourth-order valence-corrected chi connectivity index (χ4v) is 3.30. The van der Waals surface area contributed by atoms with E-state index >= 15 is 0 Å². The number of H-pyrrole nitrogens is 1. The Morgan fingerprint density at radius 2 is 1.84 bits per heavy atom. The van der Waals surface area contributed by atoms with E-state index in [2.05, 4.69) is 67.1 Å². The number of anilines is 4. The maximum absolute atomic E-state index is 11.6. The molecule has 0 fully saturated rings. The second-order valence-corrected chi connectivity index (χ2v) is 7.17. The van der Waals surface area contributed by atoms with E-state index in [1.807, 2.05) is 37.4 Å². The smallest absolute Gasteiger partial charge is 0.247 e. The number of fused-ring (bicyclic) bond motifs is 1. The molecule has 162 valence electrons. The van der Waals surface area contributed by atoms with E-state index in [1.54, 1.807) is 0 Å². The van der Waals surface area contributed by atoms with Crippen LogP contribution in [-0.4, -0.2) is 41.0 Å². The van der Waals surface area contributed by atoms with E-state index in [9.17, 15) is 4.79 Å². The fourth-order valence-electron chi connectivity index (χ4n) is 3.30. The Hall–Kier alpha value is -4.17. The SMILES string of the molecule is C=CC(=O)Nc1cccc(Nc2ncnc3[nH]c(-c4ccc(NCCNC)cc4)cc23)c1. The van der Waals surface area contributed by atoms with Crippen molar-refractivity contribution in [3.05, 3.63) is 73.6 Å². The van der Waals surface area contributed by atoms with Gasteiger partial charge in [-0.2, -0.15) is 0 Å². The summed E-state index contributed by atoms with van der Waals surface area (Å²) < 4.78 is 0. The van der Waals surface area contributed by atoms with Gasteiger partial charge in [0.15, 0.2) is 0 Å². The highest BCUT2D eigenvalue weighted by molar-refractivity contribution is 5.99. The van der Waals surface area contributed by atoms with E-state index in [0.717, 1.165) is 46.8 Å². The van der Waals surface area contributed by atoms with Crippen LogP contribution in [0.1, 0.15) is 0 Å². The second kappa shape index (κ2) is 9.76. The summed E-state index contributed by atoms with van der Waals surface area (Å²) in [4.78, 5) is 23.7. The summed E-state index contributed by atoms with van der Waals surface area (Å²) in [6.07, 6.45) is 2.75. The molecule has 0 atom stereocenters. The van der Waals surface area contributed by atoms with Crippen molar-refractivity contribution in [3.8, 4) is 11.3 Å². The Morgan fingerprint density at radius 3 is 2.62 bits per heavy atom. The molecule has 0 radical (unpaired) electrons. The van der Waals surface area contributed by atoms with Gasteiger partial charge in [0, 0.05) is 35.8 Å². The molecule has 2 aromatic carbocycles. The number of hydrogen-bond donors (Lipinski definition) is 5. The Balaban J connectivity index is 1.56. The van der Waals surface area contributed by atoms with Gasteiger partial charge in [-0.1, -0.05) is 24.8 Å². The lowest BCUT2D eigenvalue weighted by Crippen LogP contribution is -2.17. The molecule has 4 aromatic rings. The van der Waals surface area contributed by atoms with Gasteiger partial charge in [0.25, 0.3) is 0 Å². The molecule has 0 saturated carbocycles. The Bertz CT molecular complexity index is 1230. The first-order chi connectivity index (χ1) is 15.7. The van der Waals surface area contributed by atoms with Crippen LogP contribution >= 0.6 is 0 Å². The van der Waals surface area contributed by atoms with Crippen LogP contribution in [-0.2, 0) is 4.79 Å². The zero-order valence-corrected chi connectivity index (χ0v) is 17.8. The maximum atomic E-state index is 11.6. The molecule has 2 heterocycles. The summed E-state index contributed by atoms with van der Waals surface area (Å²) in [6, 6.07) is 17.7. The van der Waals surface area contributed by atoms with Crippen LogP contribution < -0.4 is 21.3 Å². The van der Waals surface area contributed by atoms with Gasteiger partial charge >= 0.3 is 0 Å². The van der Waals surface area contributed by atoms with Crippen molar-refractivity contribution in [2.45, 2.75) is 0 Å². The number of aromatic amines is 1. The zero-order valence-electron chi connectivity index (χ0n) is 17.8. The summed E-state index contributed by atoms with van der Waals surface area (Å²) in [5, 5.41) is 13.4. The normalized spacial score (nSPS) is 10.7. The lowest BCUT2D eigenvalue weighted by Gasteiger charge is -2.08. The quantitative estimate of drug-likeness (QED) is 0.203. The van der Waals surface area contributed by atoms with Gasteiger partial charge in [-0.25, -0.2) is 9.97 Å². The molecular weight excluding hydrogens is 402 g/mol. The van der Waals surface area contributed by atoms with Crippen LogP contribution in [0.3, 0.4) is 0 Å². The monoisotopic (exact) mass is 427 g/mol. The van der Waals surface area contributed by atoms with Crippen molar-refractivity contribution in [1.29, 1.82) is 0 Å². The van der Waals surface area contributed by atoms with Gasteiger partial charge < -0.3 is 26.3 Å². The van der Waals surface area contributed by atoms with Crippen molar-refractivity contribution in [1.82, 2.24) is 20.3 Å². The number of rotatable bonds is 9. The summed E-state index contributed by atoms with van der Waals surface area (Å²) in [7, 11) is 1.93. The number of carbonyl (C=O) groups excluding carboxylic acids is 1. The van der Waals surface area contributed by atoms with Crippen molar-refractivity contribution < 1.29 is 4.79 Å². The molecule has 0 aliphatic heterocycles. The number of nitrogens with zero attached hydrogens (tertiary/aromatic N) is 2. The van der Waals surface area contributed by atoms with E-state index < -0.39 is 0 Å². The average Bonchev–Trinajstić information content (AvgIpc) is 3.25. The molecule has 0 bridgehead atoms. The number of benzene rings is 2. The van der Waals surface area contributed by atoms with Crippen molar-refractivity contribution in [2.75, 3.05) is 36.1 Å². The molecule has 0 aliphatic carbocycles. The maximum Gasteiger partial charge on any atom is 0.247 e. The number of likely N-dealkylation sites (N-methyl/N-ethyl adjacent to an activating group) is 1. The molecule has 32 heavy (non-hydrogen) atoms. The van der Waals surface area contributed by atoms with Crippen LogP contribution in [0.2, 0.25) is 0 Å². The van der Waals surface area contributed by atoms with Crippen molar-refractivity contribution in [2.24, 2.45) is 0 Å². The Morgan fingerprint density at radius 1 is 1.03 bits per heavy atom. The van der Waals surface area contributed by atoms with Crippen LogP contribution in [0, 0.1) is 0 Å². The van der Waals surface area contributed by atoms with Crippen LogP contribution in [0.5, 0.6) is 0 Å². The third-order valence-corrected chi connectivity index (χ3v) is 4.90. The molecule has 5 N–H and O–H groups in total. The minimum atomic E-state index is -0.259. The molecule has 0 aliphatic rings. The number of aromatic nitrogens is 3. The van der Waals surface area contributed by atoms with E-state index in [0.29, 0.717) is 11.5 Å². The first kappa shape index (κ1) is 21.1. The van der Waals surface area contributed by atoms with Gasteiger partial charge in [0.2, 0.25) is 5.91 Å².